The maximum Gasteiger partial charge on any atom is 0.254 e. The Bertz CT molecular complexity index is 1080. The molecule has 3 N–H and O–H groups in total. The van der Waals surface area contributed by atoms with Crippen LogP contribution in [-0.4, -0.2) is 50.9 Å². The number of methoxy groups -OCH3 is 2. The van der Waals surface area contributed by atoms with Crippen LogP contribution in [0.2, 0.25) is 0 Å². The van der Waals surface area contributed by atoms with Gasteiger partial charge in [-0.15, -0.1) is 0 Å². The summed E-state index contributed by atoms with van der Waals surface area (Å²) in [5.74, 6) is 1.52. The van der Waals surface area contributed by atoms with E-state index in [1.54, 1.807) is 14.2 Å². The fourth-order valence-electron chi connectivity index (χ4n) is 4.07. The first kappa shape index (κ1) is 21.2. The van der Waals surface area contributed by atoms with Crippen molar-refractivity contribution in [2.75, 3.05) is 39.2 Å². The molecule has 1 amide bonds. The fourth-order valence-corrected chi connectivity index (χ4v) is 4.07. The molecule has 1 aromatic heterocycles. The largest absolute Gasteiger partial charge is 0.493 e. The van der Waals surface area contributed by atoms with Crippen molar-refractivity contribution in [2.24, 2.45) is 0 Å². The van der Waals surface area contributed by atoms with Crippen LogP contribution in [0.5, 0.6) is 11.5 Å². The number of anilines is 1. The average molecular weight is 424 g/mol. The highest BCUT2D eigenvalue weighted by molar-refractivity contribution is 5.99. The molecule has 1 aliphatic heterocycles. The SMILES string of the molecule is COc1ccc(-c2[nH]c3ccc(NC(=O)C4CNCCO4)cc3c2C(C)C)cc1OC. The molecule has 3 aromatic rings. The lowest BCUT2D eigenvalue weighted by Crippen LogP contribution is -2.45. The molecule has 2 heterocycles. The molecule has 0 radical (unpaired) electrons. The van der Waals surface area contributed by atoms with Gasteiger partial charge in [0.2, 0.25) is 0 Å². The van der Waals surface area contributed by atoms with Crippen LogP contribution in [0.25, 0.3) is 22.2 Å². The molecule has 1 fully saturated rings. The van der Waals surface area contributed by atoms with Crippen LogP contribution in [0.1, 0.15) is 25.3 Å². The van der Waals surface area contributed by atoms with Gasteiger partial charge in [0.1, 0.15) is 6.10 Å². The third kappa shape index (κ3) is 4.24. The summed E-state index contributed by atoms with van der Waals surface area (Å²) < 4.78 is 16.4. The van der Waals surface area contributed by atoms with Crippen LogP contribution in [-0.2, 0) is 9.53 Å². The van der Waals surface area contributed by atoms with E-state index in [2.05, 4.69) is 29.5 Å². The third-order valence-corrected chi connectivity index (χ3v) is 5.58. The molecule has 0 saturated carbocycles. The second-order valence-corrected chi connectivity index (χ2v) is 7.95. The van der Waals surface area contributed by atoms with Crippen LogP contribution >= 0.6 is 0 Å². The first-order valence-corrected chi connectivity index (χ1v) is 10.5. The number of carbonyl (C=O) groups is 1. The van der Waals surface area contributed by atoms with Crippen molar-refractivity contribution in [3.63, 3.8) is 0 Å². The Hall–Kier alpha value is -3.03. The van der Waals surface area contributed by atoms with Gasteiger partial charge in [0.05, 0.1) is 26.5 Å². The summed E-state index contributed by atoms with van der Waals surface area (Å²) in [7, 11) is 3.26. The zero-order valence-electron chi connectivity index (χ0n) is 18.4. The lowest BCUT2D eigenvalue weighted by Gasteiger charge is -2.22. The highest BCUT2D eigenvalue weighted by Crippen LogP contribution is 2.39. The Balaban J connectivity index is 1.71. The van der Waals surface area contributed by atoms with Gasteiger partial charge in [0.15, 0.2) is 11.5 Å². The van der Waals surface area contributed by atoms with Crippen molar-refractivity contribution in [1.82, 2.24) is 10.3 Å². The number of aromatic amines is 1. The number of aromatic nitrogens is 1. The van der Waals surface area contributed by atoms with E-state index >= 15 is 0 Å². The Morgan fingerprint density at radius 2 is 1.94 bits per heavy atom. The number of ether oxygens (including phenoxy) is 3. The Morgan fingerprint density at radius 1 is 1.13 bits per heavy atom. The van der Waals surface area contributed by atoms with E-state index in [-0.39, 0.29) is 11.8 Å². The number of hydrogen-bond acceptors (Lipinski definition) is 5. The topological polar surface area (TPSA) is 84.6 Å². The average Bonchev–Trinajstić information content (AvgIpc) is 3.18. The summed E-state index contributed by atoms with van der Waals surface area (Å²) in [6, 6.07) is 11.9. The fraction of sp³-hybridized carbons (Fsp3) is 0.375. The molecule has 164 valence electrons. The molecule has 7 nitrogen and oxygen atoms in total. The van der Waals surface area contributed by atoms with Crippen molar-refractivity contribution < 1.29 is 19.0 Å². The lowest BCUT2D eigenvalue weighted by atomic mass is 9.95. The molecule has 1 unspecified atom stereocenters. The van der Waals surface area contributed by atoms with Crippen molar-refractivity contribution >= 4 is 22.5 Å². The Morgan fingerprint density at radius 3 is 2.61 bits per heavy atom. The number of rotatable bonds is 6. The van der Waals surface area contributed by atoms with Crippen LogP contribution < -0.4 is 20.1 Å². The van der Waals surface area contributed by atoms with E-state index in [0.717, 1.165) is 34.4 Å². The number of benzene rings is 2. The molecule has 7 heteroatoms. The highest BCUT2D eigenvalue weighted by atomic mass is 16.5. The van der Waals surface area contributed by atoms with Crippen LogP contribution in [0, 0.1) is 0 Å². The summed E-state index contributed by atoms with van der Waals surface area (Å²) in [5.41, 5.74) is 5.02. The zero-order valence-corrected chi connectivity index (χ0v) is 18.4. The number of fused-ring (bicyclic) bond motifs is 1. The van der Waals surface area contributed by atoms with Crippen LogP contribution in [0.15, 0.2) is 36.4 Å². The number of carbonyl (C=O) groups excluding carboxylic acids is 1. The summed E-state index contributed by atoms with van der Waals surface area (Å²) in [5, 5.41) is 7.27. The molecule has 0 aliphatic carbocycles. The first-order valence-electron chi connectivity index (χ1n) is 10.5. The molecule has 2 aromatic carbocycles. The third-order valence-electron chi connectivity index (χ3n) is 5.58. The van der Waals surface area contributed by atoms with Gasteiger partial charge in [-0.1, -0.05) is 13.8 Å². The van der Waals surface area contributed by atoms with Gasteiger partial charge in [-0.3, -0.25) is 4.79 Å². The minimum atomic E-state index is -0.470. The first-order chi connectivity index (χ1) is 15.0. The summed E-state index contributed by atoms with van der Waals surface area (Å²) >= 11 is 0. The van der Waals surface area contributed by atoms with E-state index < -0.39 is 6.10 Å². The number of morpholine rings is 1. The van der Waals surface area contributed by atoms with Gasteiger partial charge < -0.3 is 29.8 Å². The van der Waals surface area contributed by atoms with E-state index in [4.69, 9.17) is 14.2 Å². The van der Waals surface area contributed by atoms with Crippen molar-refractivity contribution in [2.45, 2.75) is 25.9 Å². The number of H-pyrrole nitrogens is 1. The minimum Gasteiger partial charge on any atom is -0.493 e. The maximum atomic E-state index is 12.6. The van der Waals surface area contributed by atoms with Crippen molar-refractivity contribution in [3.8, 4) is 22.8 Å². The molecule has 4 rings (SSSR count). The van der Waals surface area contributed by atoms with Gasteiger partial charge in [-0.05, 0) is 47.9 Å². The van der Waals surface area contributed by atoms with Crippen molar-refractivity contribution in [1.29, 1.82) is 0 Å². The normalized spacial score (nSPS) is 16.5. The quantitative estimate of drug-likeness (QED) is 0.560. The predicted octanol–water partition coefficient (Wildman–Crippen LogP) is 3.90. The monoisotopic (exact) mass is 423 g/mol. The minimum absolute atomic E-state index is 0.131. The second kappa shape index (κ2) is 8.99. The molecular formula is C24H29N3O4. The van der Waals surface area contributed by atoms with Crippen LogP contribution in [0.3, 0.4) is 0 Å². The molecule has 0 bridgehead atoms. The molecule has 31 heavy (non-hydrogen) atoms. The number of hydrogen-bond donors (Lipinski definition) is 3. The van der Waals surface area contributed by atoms with E-state index in [0.29, 0.717) is 24.7 Å². The zero-order chi connectivity index (χ0) is 22.0. The molecule has 1 saturated heterocycles. The summed E-state index contributed by atoms with van der Waals surface area (Å²) in [4.78, 5) is 16.1. The van der Waals surface area contributed by atoms with E-state index in [1.165, 1.54) is 5.56 Å². The highest BCUT2D eigenvalue weighted by Gasteiger charge is 2.23. The molecule has 1 atom stereocenters. The summed E-state index contributed by atoms with van der Waals surface area (Å²) in [6.07, 6.45) is -0.470. The number of nitrogens with one attached hydrogen (secondary N) is 3. The van der Waals surface area contributed by atoms with Gasteiger partial charge >= 0.3 is 0 Å². The summed E-state index contributed by atoms with van der Waals surface area (Å²) in [6.45, 7) is 6.18. The smallest absolute Gasteiger partial charge is 0.254 e. The van der Waals surface area contributed by atoms with E-state index in [1.807, 2.05) is 36.4 Å². The Kier molecular flexibility index (Phi) is 6.15. The standard InChI is InChI=1S/C24H29N3O4/c1-14(2)22-17-12-16(26-24(28)21-13-25-9-10-31-21)6-7-18(17)27-23(22)15-5-8-19(29-3)20(11-15)30-4/h5-8,11-12,14,21,25,27H,9-10,13H2,1-4H3,(H,26,28). The van der Waals surface area contributed by atoms with Gasteiger partial charge in [0, 0.05) is 35.2 Å². The molecule has 1 aliphatic rings. The Labute approximate surface area is 182 Å². The predicted molar refractivity (Wildman–Crippen MR) is 122 cm³/mol. The van der Waals surface area contributed by atoms with Gasteiger partial charge in [0.25, 0.3) is 5.91 Å². The van der Waals surface area contributed by atoms with Crippen molar-refractivity contribution in [3.05, 3.63) is 42.0 Å². The number of amides is 1. The lowest BCUT2D eigenvalue weighted by molar-refractivity contribution is -0.128. The van der Waals surface area contributed by atoms with Gasteiger partial charge in [-0.25, -0.2) is 0 Å². The maximum absolute atomic E-state index is 12.6. The van der Waals surface area contributed by atoms with Gasteiger partial charge in [-0.2, -0.15) is 0 Å². The molecule has 0 spiro atoms. The van der Waals surface area contributed by atoms with E-state index in [9.17, 15) is 4.79 Å². The second-order valence-electron chi connectivity index (χ2n) is 7.95. The van der Waals surface area contributed by atoms with Crippen LogP contribution in [0.4, 0.5) is 5.69 Å². The molecular weight excluding hydrogens is 394 g/mol.